The molecule has 0 aliphatic carbocycles. The maximum Gasteiger partial charge on any atom is 0.272 e. The molecule has 0 saturated carbocycles. The van der Waals surface area contributed by atoms with Crippen LogP contribution in [0.1, 0.15) is 12.0 Å². The minimum atomic E-state index is -3.13. The summed E-state index contributed by atoms with van der Waals surface area (Å²) in [6.45, 7) is 1.66. The molecule has 0 bridgehead atoms. The highest BCUT2D eigenvalue weighted by molar-refractivity contribution is 7.88. The maximum absolute atomic E-state index is 10.8. The lowest BCUT2D eigenvalue weighted by atomic mass is 10.1. The molecule has 2 N–H and O–H groups in total. The zero-order valence-corrected chi connectivity index (χ0v) is 12.1. The van der Waals surface area contributed by atoms with Gasteiger partial charge >= 0.3 is 0 Å². The normalized spacial score (nSPS) is 11.4. The molecule has 0 saturated heterocycles. The Bertz CT molecular complexity index is 545. The summed E-state index contributed by atoms with van der Waals surface area (Å²) in [7, 11) is -3.13. The van der Waals surface area contributed by atoms with E-state index in [0.29, 0.717) is 38.0 Å². The summed E-state index contributed by atoms with van der Waals surface area (Å²) in [6.07, 6.45) is 2.36. The lowest BCUT2D eigenvalue weighted by Gasteiger charge is -2.06. The molecule has 0 aromatic heterocycles. The van der Waals surface area contributed by atoms with Gasteiger partial charge in [0.2, 0.25) is 10.0 Å². The van der Waals surface area contributed by atoms with Crippen LogP contribution in [-0.2, 0) is 16.4 Å². The first-order valence-electron chi connectivity index (χ1n) is 6.28. The van der Waals surface area contributed by atoms with Gasteiger partial charge in [0, 0.05) is 18.2 Å². The van der Waals surface area contributed by atoms with Gasteiger partial charge in [-0.25, -0.2) is 13.1 Å². The maximum atomic E-state index is 10.8. The zero-order valence-electron chi connectivity index (χ0n) is 11.3. The van der Waals surface area contributed by atoms with E-state index in [4.69, 9.17) is 0 Å². The Morgan fingerprint density at radius 2 is 1.90 bits per heavy atom. The molecule has 0 unspecified atom stereocenters. The number of nitrogens with one attached hydrogen (secondary N) is 2. The van der Waals surface area contributed by atoms with E-state index >= 15 is 0 Å². The van der Waals surface area contributed by atoms with Gasteiger partial charge in [-0.3, -0.25) is 10.1 Å². The van der Waals surface area contributed by atoms with Crippen LogP contribution >= 0.6 is 0 Å². The topological polar surface area (TPSA) is 101 Å². The Morgan fingerprint density at radius 1 is 1.20 bits per heavy atom. The van der Waals surface area contributed by atoms with E-state index < -0.39 is 10.0 Å². The van der Waals surface area contributed by atoms with Crippen molar-refractivity contribution in [2.45, 2.75) is 12.8 Å². The van der Waals surface area contributed by atoms with E-state index in [-0.39, 0.29) is 10.6 Å². The van der Waals surface area contributed by atoms with Crippen molar-refractivity contribution in [2.75, 3.05) is 25.9 Å². The second-order valence-corrected chi connectivity index (χ2v) is 6.24. The predicted octanol–water partition coefficient (Wildman–Crippen LogP) is 0.666. The molecule has 0 spiro atoms. The molecule has 0 aliphatic rings. The largest absolute Gasteiger partial charge is 0.316 e. The average molecular weight is 301 g/mol. The van der Waals surface area contributed by atoms with E-state index in [1.165, 1.54) is 6.07 Å². The average Bonchev–Trinajstić information content (AvgIpc) is 2.36. The number of hydrogen-bond donors (Lipinski definition) is 2. The first-order chi connectivity index (χ1) is 9.40. The lowest BCUT2D eigenvalue weighted by Crippen LogP contribution is -2.27. The lowest BCUT2D eigenvalue weighted by molar-refractivity contribution is -0.385. The molecule has 7 nitrogen and oxygen atoms in total. The molecule has 20 heavy (non-hydrogen) atoms. The number of nitro groups is 1. The van der Waals surface area contributed by atoms with Crippen molar-refractivity contribution in [1.82, 2.24) is 10.0 Å². The molecular formula is C12H19N3O4S. The fourth-order valence-electron chi connectivity index (χ4n) is 1.72. The number of benzene rings is 1. The number of nitro benzene ring substituents is 1. The van der Waals surface area contributed by atoms with Crippen LogP contribution in [0.3, 0.4) is 0 Å². The fourth-order valence-corrected chi connectivity index (χ4v) is 2.23. The third-order valence-corrected chi connectivity index (χ3v) is 3.38. The van der Waals surface area contributed by atoms with Crippen LogP contribution in [0.2, 0.25) is 0 Å². The molecular weight excluding hydrogens is 282 g/mol. The Labute approximate surface area is 118 Å². The molecule has 0 amide bonds. The highest BCUT2D eigenvalue weighted by atomic mass is 32.2. The molecule has 0 fully saturated rings. The Hall–Kier alpha value is -1.51. The van der Waals surface area contributed by atoms with Crippen LogP contribution in [0.4, 0.5) is 5.69 Å². The highest BCUT2D eigenvalue weighted by Crippen LogP contribution is 2.17. The third-order valence-electron chi connectivity index (χ3n) is 2.65. The van der Waals surface area contributed by atoms with Gasteiger partial charge in [-0.2, -0.15) is 0 Å². The van der Waals surface area contributed by atoms with E-state index in [0.717, 1.165) is 6.26 Å². The number of hydrogen-bond acceptors (Lipinski definition) is 5. The standard InChI is InChI=1S/C12H19N3O4S/c1-20(18,19)14-9-4-8-13-10-7-11-5-2-3-6-12(11)15(16)17/h2-3,5-6,13-14H,4,7-10H2,1H3. The highest BCUT2D eigenvalue weighted by Gasteiger charge is 2.11. The van der Waals surface area contributed by atoms with Crippen LogP contribution in [0, 0.1) is 10.1 Å². The Balaban J connectivity index is 2.24. The number of nitrogens with zero attached hydrogens (tertiary/aromatic N) is 1. The quantitative estimate of drug-likeness (QED) is 0.396. The number of sulfonamides is 1. The van der Waals surface area contributed by atoms with Gasteiger partial charge in [0.05, 0.1) is 11.2 Å². The molecule has 0 radical (unpaired) electrons. The van der Waals surface area contributed by atoms with Crippen molar-refractivity contribution in [3.8, 4) is 0 Å². The Morgan fingerprint density at radius 3 is 2.55 bits per heavy atom. The third kappa shape index (κ3) is 6.60. The van der Waals surface area contributed by atoms with Crippen LogP contribution in [0.15, 0.2) is 24.3 Å². The van der Waals surface area contributed by atoms with E-state index in [1.54, 1.807) is 18.2 Å². The predicted molar refractivity (Wildman–Crippen MR) is 77.1 cm³/mol. The van der Waals surface area contributed by atoms with E-state index in [1.807, 2.05) is 0 Å². The molecule has 8 heteroatoms. The monoisotopic (exact) mass is 301 g/mol. The fraction of sp³-hybridized carbons (Fsp3) is 0.500. The molecule has 0 aliphatic heterocycles. The Kier molecular flexibility index (Phi) is 6.56. The first-order valence-corrected chi connectivity index (χ1v) is 8.17. The van der Waals surface area contributed by atoms with Gasteiger partial charge in [0.15, 0.2) is 0 Å². The summed E-state index contributed by atoms with van der Waals surface area (Å²) in [5.74, 6) is 0. The van der Waals surface area contributed by atoms with Crippen molar-refractivity contribution in [3.05, 3.63) is 39.9 Å². The molecule has 1 rings (SSSR count). The van der Waals surface area contributed by atoms with Gasteiger partial charge in [0.1, 0.15) is 0 Å². The summed E-state index contributed by atoms with van der Waals surface area (Å²) >= 11 is 0. The van der Waals surface area contributed by atoms with Crippen molar-refractivity contribution in [1.29, 1.82) is 0 Å². The molecule has 1 aromatic rings. The van der Waals surface area contributed by atoms with Crippen molar-refractivity contribution in [2.24, 2.45) is 0 Å². The van der Waals surface area contributed by atoms with Crippen LogP contribution < -0.4 is 10.0 Å². The minimum absolute atomic E-state index is 0.132. The van der Waals surface area contributed by atoms with E-state index in [2.05, 4.69) is 10.0 Å². The van der Waals surface area contributed by atoms with Gasteiger partial charge in [0.25, 0.3) is 5.69 Å². The zero-order chi connectivity index (χ0) is 15.0. The summed E-state index contributed by atoms with van der Waals surface area (Å²) in [5.41, 5.74) is 0.826. The van der Waals surface area contributed by atoms with Crippen molar-refractivity contribution < 1.29 is 13.3 Å². The van der Waals surface area contributed by atoms with Gasteiger partial charge in [-0.15, -0.1) is 0 Å². The smallest absolute Gasteiger partial charge is 0.272 e. The number of rotatable bonds is 9. The summed E-state index contributed by atoms with van der Waals surface area (Å²) in [5, 5.41) is 13.9. The molecule has 0 heterocycles. The first kappa shape index (κ1) is 16.5. The SMILES string of the molecule is CS(=O)(=O)NCCCNCCc1ccccc1[N+](=O)[O-]. The minimum Gasteiger partial charge on any atom is -0.316 e. The summed E-state index contributed by atoms with van der Waals surface area (Å²) in [4.78, 5) is 10.4. The van der Waals surface area contributed by atoms with Gasteiger partial charge < -0.3 is 5.32 Å². The molecule has 112 valence electrons. The second-order valence-electron chi connectivity index (χ2n) is 4.41. The van der Waals surface area contributed by atoms with Gasteiger partial charge in [-0.05, 0) is 25.9 Å². The molecule has 0 atom stereocenters. The summed E-state index contributed by atoms with van der Waals surface area (Å²) < 4.78 is 24.0. The molecule has 1 aromatic carbocycles. The van der Waals surface area contributed by atoms with Crippen LogP contribution in [0.5, 0.6) is 0 Å². The van der Waals surface area contributed by atoms with Crippen LogP contribution in [0.25, 0.3) is 0 Å². The number of para-hydroxylation sites is 1. The second kappa shape index (κ2) is 7.93. The van der Waals surface area contributed by atoms with E-state index in [9.17, 15) is 18.5 Å². The summed E-state index contributed by atoms with van der Waals surface area (Å²) in [6, 6.07) is 6.65. The van der Waals surface area contributed by atoms with Crippen molar-refractivity contribution >= 4 is 15.7 Å². The van der Waals surface area contributed by atoms with Crippen molar-refractivity contribution in [3.63, 3.8) is 0 Å². The van der Waals surface area contributed by atoms with Gasteiger partial charge in [-0.1, -0.05) is 18.2 Å². The van der Waals surface area contributed by atoms with Crippen LogP contribution in [-0.4, -0.2) is 39.2 Å².